The fraction of sp³-hybridized carbons (Fsp3) is 0.111. The fourth-order valence-corrected chi connectivity index (χ4v) is 3.54. The van der Waals surface area contributed by atoms with Crippen LogP contribution >= 0.6 is 0 Å². The van der Waals surface area contributed by atoms with Crippen molar-refractivity contribution in [3.8, 4) is 22.6 Å². The number of rotatable bonds is 7. The van der Waals surface area contributed by atoms with Crippen molar-refractivity contribution in [2.24, 2.45) is 0 Å². The summed E-state index contributed by atoms with van der Waals surface area (Å²) in [5.41, 5.74) is 1.32. The summed E-state index contributed by atoms with van der Waals surface area (Å²) in [6.07, 6.45) is 1.75. The van der Waals surface area contributed by atoms with Gasteiger partial charge in [-0.3, -0.25) is 0 Å². The maximum atomic E-state index is 11.1. The van der Waals surface area contributed by atoms with Crippen LogP contribution in [0.15, 0.2) is 85.5 Å². The lowest BCUT2D eigenvalue weighted by Gasteiger charge is -2.19. The number of carboxylic acid groups (broad SMARTS) is 2. The summed E-state index contributed by atoms with van der Waals surface area (Å²) in [6, 6.07) is 22.5. The molecule has 0 spiro atoms. The second-order valence-corrected chi connectivity index (χ2v) is 7.09. The highest BCUT2D eigenvalue weighted by Gasteiger charge is 2.20. The van der Waals surface area contributed by atoms with Gasteiger partial charge in [0.05, 0.1) is 0 Å². The molecule has 4 rings (SSSR count). The van der Waals surface area contributed by atoms with Crippen molar-refractivity contribution in [2.45, 2.75) is 6.92 Å². The van der Waals surface area contributed by atoms with E-state index in [1.807, 2.05) is 67.6 Å². The van der Waals surface area contributed by atoms with Crippen molar-refractivity contribution in [2.75, 3.05) is 13.2 Å². The van der Waals surface area contributed by atoms with E-state index in [0.29, 0.717) is 22.6 Å². The predicted molar refractivity (Wildman–Crippen MR) is 129 cm³/mol. The molecule has 0 atom stereocenters. The molecule has 0 fully saturated rings. The monoisotopic (exact) mass is 444 g/mol. The van der Waals surface area contributed by atoms with Crippen LogP contribution in [0.2, 0.25) is 0 Å². The van der Waals surface area contributed by atoms with Gasteiger partial charge in [0, 0.05) is 11.1 Å². The molecule has 0 unspecified atom stereocenters. The van der Waals surface area contributed by atoms with E-state index in [1.54, 1.807) is 18.2 Å². The first-order valence-electron chi connectivity index (χ1n) is 10.3. The van der Waals surface area contributed by atoms with Gasteiger partial charge >= 0.3 is 11.9 Å². The summed E-state index contributed by atoms with van der Waals surface area (Å²) >= 11 is 0. The Morgan fingerprint density at radius 2 is 1.09 bits per heavy atom. The van der Waals surface area contributed by atoms with Crippen LogP contribution in [0.4, 0.5) is 0 Å². The van der Waals surface area contributed by atoms with Crippen molar-refractivity contribution >= 4 is 33.5 Å². The number of hydrogen-bond acceptors (Lipinski definition) is 4. The third-order valence-electron chi connectivity index (χ3n) is 4.73. The minimum absolute atomic E-state index is 0.382. The molecule has 0 bridgehead atoms. The second-order valence-electron chi connectivity index (χ2n) is 7.09. The zero-order valence-corrected chi connectivity index (χ0v) is 18.2. The summed E-state index contributed by atoms with van der Waals surface area (Å²) in [5, 5.41) is 21.8. The number of carboxylic acids is 2. The predicted octanol–water partition coefficient (Wildman–Crippen LogP) is 5.78. The smallest absolute Gasteiger partial charge is 0.341 e. The maximum Gasteiger partial charge on any atom is 0.341 e. The normalized spacial score (nSPS) is 10.2. The highest BCUT2D eigenvalue weighted by molar-refractivity contribution is 6.09. The standard InChI is InChI=1S/C24H18O6.C3H6/c25-21(26)13-29-19-11-9-15-5-1-3-7-17(15)23(19)24-18-8-4-2-6-16(18)10-12-20(24)30-14-22(27)28;1-3-2/h1-12H,13-14H2,(H,25,26)(H,27,28);3H,1H2,2H3. The zero-order valence-electron chi connectivity index (χ0n) is 18.2. The van der Waals surface area contributed by atoms with Crippen molar-refractivity contribution in [1.82, 2.24) is 0 Å². The third kappa shape index (κ3) is 5.49. The molecule has 0 aromatic heterocycles. The van der Waals surface area contributed by atoms with Gasteiger partial charge < -0.3 is 19.7 Å². The Morgan fingerprint density at radius 3 is 1.45 bits per heavy atom. The Balaban J connectivity index is 0.000000968. The summed E-state index contributed by atoms with van der Waals surface area (Å²) in [5.74, 6) is -1.41. The average molecular weight is 444 g/mol. The highest BCUT2D eigenvalue weighted by atomic mass is 16.5. The van der Waals surface area contributed by atoms with Gasteiger partial charge in [0.1, 0.15) is 11.5 Å². The molecule has 33 heavy (non-hydrogen) atoms. The van der Waals surface area contributed by atoms with Crippen molar-refractivity contribution in [3.05, 3.63) is 85.5 Å². The Labute approximate surface area is 191 Å². The summed E-state index contributed by atoms with van der Waals surface area (Å²) in [6.45, 7) is 4.25. The lowest BCUT2D eigenvalue weighted by molar-refractivity contribution is -0.140. The van der Waals surface area contributed by atoms with Gasteiger partial charge in [0.15, 0.2) is 13.2 Å². The first-order valence-corrected chi connectivity index (χ1v) is 10.3. The van der Waals surface area contributed by atoms with E-state index in [9.17, 15) is 9.59 Å². The molecule has 0 aliphatic carbocycles. The topological polar surface area (TPSA) is 93.1 Å². The van der Waals surface area contributed by atoms with Crippen LogP contribution in [0.5, 0.6) is 11.5 Å². The van der Waals surface area contributed by atoms with Crippen molar-refractivity contribution < 1.29 is 29.3 Å². The van der Waals surface area contributed by atoms with Crippen LogP contribution in [0, 0.1) is 0 Å². The number of aliphatic carboxylic acids is 2. The molecule has 6 nitrogen and oxygen atoms in total. The molecule has 168 valence electrons. The summed E-state index contributed by atoms with van der Waals surface area (Å²) < 4.78 is 11.2. The number of carbonyl (C=O) groups is 2. The van der Waals surface area contributed by atoms with E-state index in [4.69, 9.17) is 19.7 Å². The molecular weight excluding hydrogens is 420 g/mol. The van der Waals surface area contributed by atoms with Gasteiger partial charge in [-0.1, -0.05) is 66.7 Å². The van der Waals surface area contributed by atoms with Crippen molar-refractivity contribution in [3.63, 3.8) is 0 Å². The Bertz CT molecular complexity index is 1210. The SMILES string of the molecule is C=CC.O=C(O)COc1ccc2ccccc2c1-c1c(OCC(=O)O)ccc2ccccc12. The zero-order chi connectivity index (χ0) is 23.8. The van der Waals surface area contributed by atoms with E-state index >= 15 is 0 Å². The molecule has 0 amide bonds. The highest BCUT2D eigenvalue weighted by Crippen LogP contribution is 2.45. The first kappa shape index (κ1) is 23.3. The lowest BCUT2D eigenvalue weighted by atomic mass is 9.92. The molecule has 0 saturated heterocycles. The van der Waals surface area contributed by atoms with Crippen molar-refractivity contribution in [1.29, 1.82) is 0 Å². The fourth-order valence-electron chi connectivity index (χ4n) is 3.54. The lowest BCUT2D eigenvalue weighted by Crippen LogP contribution is -2.11. The average Bonchev–Trinajstić information content (AvgIpc) is 2.81. The quantitative estimate of drug-likeness (QED) is 0.351. The molecule has 6 heteroatoms. The first-order chi connectivity index (χ1) is 16.0. The Morgan fingerprint density at radius 1 is 0.727 bits per heavy atom. The van der Waals surface area contributed by atoms with Gasteiger partial charge in [-0.15, -0.1) is 6.58 Å². The maximum absolute atomic E-state index is 11.1. The van der Waals surface area contributed by atoms with Gasteiger partial charge in [-0.25, -0.2) is 9.59 Å². The number of allylic oxidation sites excluding steroid dienone is 1. The number of benzene rings is 4. The molecule has 0 heterocycles. The van der Waals surface area contributed by atoms with Crippen LogP contribution < -0.4 is 9.47 Å². The Hall–Kier alpha value is -4.32. The van der Waals surface area contributed by atoms with Gasteiger partial charge in [0.25, 0.3) is 0 Å². The van der Waals surface area contributed by atoms with Gasteiger partial charge in [-0.2, -0.15) is 0 Å². The molecular formula is C27H24O6. The molecule has 4 aromatic carbocycles. The van der Waals surface area contributed by atoms with Crippen LogP contribution in [0.1, 0.15) is 6.92 Å². The van der Waals surface area contributed by atoms with E-state index in [0.717, 1.165) is 21.5 Å². The second kappa shape index (κ2) is 10.8. The van der Waals surface area contributed by atoms with Crippen LogP contribution in [0.25, 0.3) is 32.7 Å². The van der Waals surface area contributed by atoms with E-state index in [1.165, 1.54) is 0 Å². The molecule has 4 aromatic rings. The van der Waals surface area contributed by atoms with Gasteiger partial charge in [0.2, 0.25) is 0 Å². The Kier molecular flexibility index (Phi) is 7.65. The third-order valence-corrected chi connectivity index (χ3v) is 4.73. The molecule has 0 aliphatic rings. The minimum atomic E-state index is -1.09. The molecule has 0 radical (unpaired) electrons. The van der Waals surface area contributed by atoms with E-state index < -0.39 is 25.2 Å². The molecule has 0 saturated carbocycles. The van der Waals surface area contributed by atoms with Crippen LogP contribution in [-0.4, -0.2) is 35.4 Å². The minimum Gasteiger partial charge on any atom is -0.481 e. The number of hydrogen-bond donors (Lipinski definition) is 2. The van der Waals surface area contributed by atoms with Gasteiger partial charge in [-0.05, 0) is 40.6 Å². The van der Waals surface area contributed by atoms with Crippen LogP contribution in [0.3, 0.4) is 0 Å². The molecule has 0 aliphatic heterocycles. The number of ether oxygens (including phenoxy) is 2. The largest absolute Gasteiger partial charge is 0.481 e. The molecule has 2 N–H and O–H groups in total. The summed E-state index contributed by atoms with van der Waals surface area (Å²) in [7, 11) is 0. The summed E-state index contributed by atoms with van der Waals surface area (Å²) in [4.78, 5) is 22.3. The van der Waals surface area contributed by atoms with E-state index in [-0.39, 0.29) is 0 Å². The van der Waals surface area contributed by atoms with E-state index in [2.05, 4.69) is 6.58 Å². The van der Waals surface area contributed by atoms with Crippen LogP contribution in [-0.2, 0) is 9.59 Å². The number of fused-ring (bicyclic) bond motifs is 2.